The van der Waals surface area contributed by atoms with E-state index in [4.69, 9.17) is 5.11 Å². The van der Waals surface area contributed by atoms with Gasteiger partial charge in [0.2, 0.25) is 0 Å². The number of nitrogens with one attached hydrogen (secondary N) is 3. The predicted octanol–water partition coefficient (Wildman–Crippen LogP) is 6.40. The van der Waals surface area contributed by atoms with Gasteiger partial charge in [-0.15, -0.1) is 0 Å². The third-order valence-corrected chi connectivity index (χ3v) is 8.74. The quantitative estimate of drug-likeness (QED) is 0.172. The zero-order chi connectivity index (χ0) is 32.6. The Morgan fingerprint density at radius 1 is 0.913 bits per heavy atom. The third-order valence-electron chi connectivity index (χ3n) is 8.74. The van der Waals surface area contributed by atoms with Crippen LogP contribution in [0.25, 0.3) is 0 Å². The number of carbonyl (C=O) groups excluding carboxylic acids is 4. The number of anilines is 2. The zero-order valence-corrected chi connectivity index (χ0v) is 26.1. The van der Waals surface area contributed by atoms with Gasteiger partial charge in [-0.2, -0.15) is 0 Å². The second kappa shape index (κ2) is 14.9. The minimum Gasteiger partial charge on any atom is -0.481 e. The van der Waals surface area contributed by atoms with E-state index in [1.54, 1.807) is 41.3 Å². The van der Waals surface area contributed by atoms with E-state index < -0.39 is 23.8 Å². The van der Waals surface area contributed by atoms with Crippen LogP contribution in [-0.4, -0.2) is 41.4 Å². The zero-order valence-electron chi connectivity index (χ0n) is 26.1. The molecule has 0 atom stereocenters. The predicted molar refractivity (Wildman–Crippen MR) is 175 cm³/mol. The fraction of sp³-hybridized carbons (Fsp3) is 0.361. The molecule has 0 bridgehead atoms. The number of nitrogens with zero attached hydrogens (tertiary/aromatic N) is 1. The van der Waals surface area contributed by atoms with Crippen LogP contribution in [0.4, 0.5) is 16.2 Å². The first kappa shape index (κ1) is 32.4. The molecule has 10 heteroatoms. The molecular formula is C36H40N4O6. The van der Waals surface area contributed by atoms with Gasteiger partial charge in [-0.1, -0.05) is 56.9 Å². The summed E-state index contributed by atoms with van der Waals surface area (Å²) < 4.78 is 0. The molecule has 0 saturated heterocycles. The van der Waals surface area contributed by atoms with Gasteiger partial charge in [0.25, 0.3) is 17.7 Å². The molecule has 46 heavy (non-hydrogen) atoms. The van der Waals surface area contributed by atoms with Crippen molar-refractivity contribution in [1.29, 1.82) is 0 Å². The second-order valence-corrected chi connectivity index (χ2v) is 11.9. The number of carboxylic acid groups (broad SMARTS) is 1. The Labute approximate surface area is 268 Å². The average molecular weight is 625 g/mol. The number of hydrogen-bond donors (Lipinski definition) is 4. The van der Waals surface area contributed by atoms with E-state index in [-0.39, 0.29) is 25.4 Å². The van der Waals surface area contributed by atoms with Crippen molar-refractivity contribution in [2.45, 2.75) is 77.2 Å². The van der Waals surface area contributed by atoms with Crippen molar-refractivity contribution >= 4 is 41.1 Å². The summed E-state index contributed by atoms with van der Waals surface area (Å²) in [6, 6.07) is 17.8. The molecule has 240 valence electrons. The molecule has 2 aliphatic rings. The number of aliphatic carboxylic acids is 1. The molecule has 3 aromatic rings. The van der Waals surface area contributed by atoms with E-state index >= 15 is 0 Å². The highest BCUT2D eigenvalue weighted by Crippen LogP contribution is 2.34. The molecule has 0 unspecified atom stereocenters. The maximum atomic E-state index is 14.1. The van der Waals surface area contributed by atoms with Crippen LogP contribution in [0.15, 0.2) is 60.7 Å². The van der Waals surface area contributed by atoms with Gasteiger partial charge in [0.1, 0.15) is 0 Å². The lowest BCUT2D eigenvalue weighted by atomic mass is 9.84. The molecule has 0 aromatic heterocycles. The number of carbonyl (C=O) groups is 5. The van der Waals surface area contributed by atoms with E-state index in [1.807, 2.05) is 19.1 Å². The number of rotatable bonds is 12. The number of amides is 5. The largest absolute Gasteiger partial charge is 0.481 e. The van der Waals surface area contributed by atoms with Gasteiger partial charge in [-0.25, -0.2) is 4.79 Å². The summed E-state index contributed by atoms with van der Waals surface area (Å²) in [7, 11) is 0. The van der Waals surface area contributed by atoms with Crippen LogP contribution in [0.3, 0.4) is 0 Å². The van der Waals surface area contributed by atoms with Gasteiger partial charge in [0.15, 0.2) is 0 Å². The Hall–Kier alpha value is -4.99. The fourth-order valence-electron chi connectivity index (χ4n) is 6.21. The molecule has 1 aliphatic carbocycles. The maximum absolute atomic E-state index is 14.1. The Kier molecular flexibility index (Phi) is 10.5. The summed E-state index contributed by atoms with van der Waals surface area (Å²) in [5.74, 6) is -1.74. The van der Waals surface area contributed by atoms with Crippen molar-refractivity contribution in [2.24, 2.45) is 0 Å². The molecule has 1 heterocycles. The Balaban J connectivity index is 1.41. The molecule has 0 spiro atoms. The highest BCUT2D eigenvalue weighted by Gasteiger charge is 2.31. The lowest BCUT2D eigenvalue weighted by Gasteiger charge is -2.26. The summed E-state index contributed by atoms with van der Waals surface area (Å²) >= 11 is 0. The van der Waals surface area contributed by atoms with Crippen molar-refractivity contribution in [3.63, 3.8) is 0 Å². The molecule has 5 rings (SSSR count). The van der Waals surface area contributed by atoms with E-state index in [1.165, 1.54) is 24.8 Å². The topological polar surface area (TPSA) is 145 Å². The van der Waals surface area contributed by atoms with Gasteiger partial charge in [-0.05, 0) is 84.7 Å². The molecule has 3 aromatic carbocycles. The van der Waals surface area contributed by atoms with Crippen LogP contribution in [-0.2, 0) is 17.8 Å². The van der Waals surface area contributed by atoms with Crippen LogP contribution < -0.4 is 20.9 Å². The standard InChI is InChI=1S/C36H40N4O6/c1-2-3-9-28-30(19-18-29-32(28)35(45)39-34(29)44)38-36(46)40(27-16-14-25(15-17-27)24-7-5-4-6-8-24)22-23-10-12-26(13-11-23)33(43)37-21-20-31(41)42/h10-19,24H,2-9,20-22H2,1H3,(H,37,43)(H,38,46)(H,41,42)(H,39,44,45). The lowest BCUT2D eigenvalue weighted by Crippen LogP contribution is -2.35. The highest BCUT2D eigenvalue weighted by atomic mass is 16.4. The number of unbranched alkanes of at least 4 members (excludes halogenated alkanes) is 1. The fourth-order valence-corrected chi connectivity index (χ4v) is 6.21. The van der Waals surface area contributed by atoms with Crippen molar-refractivity contribution in [3.05, 3.63) is 94.0 Å². The third kappa shape index (κ3) is 7.62. The Morgan fingerprint density at radius 3 is 2.30 bits per heavy atom. The van der Waals surface area contributed by atoms with Gasteiger partial charge in [0.05, 0.1) is 24.1 Å². The molecule has 4 N–H and O–H groups in total. The number of fused-ring (bicyclic) bond motifs is 1. The minimum atomic E-state index is -0.991. The second-order valence-electron chi connectivity index (χ2n) is 11.9. The maximum Gasteiger partial charge on any atom is 0.326 e. The van der Waals surface area contributed by atoms with Crippen LogP contribution in [0.5, 0.6) is 0 Å². The molecule has 0 radical (unpaired) electrons. The summed E-state index contributed by atoms with van der Waals surface area (Å²) in [4.78, 5) is 64.0. The van der Waals surface area contributed by atoms with Gasteiger partial charge in [-0.3, -0.25) is 29.4 Å². The number of benzene rings is 3. The highest BCUT2D eigenvalue weighted by molar-refractivity contribution is 6.23. The van der Waals surface area contributed by atoms with E-state index in [0.717, 1.165) is 31.2 Å². The van der Waals surface area contributed by atoms with Crippen LogP contribution >= 0.6 is 0 Å². The van der Waals surface area contributed by atoms with E-state index in [0.29, 0.717) is 46.0 Å². The van der Waals surface area contributed by atoms with Crippen LogP contribution in [0.2, 0.25) is 0 Å². The Bertz CT molecular complexity index is 1610. The monoisotopic (exact) mass is 624 g/mol. The van der Waals surface area contributed by atoms with Crippen molar-refractivity contribution in [1.82, 2.24) is 10.6 Å². The van der Waals surface area contributed by atoms with Gasteiger partial charge >= 0.3 is 12.0 Å². The first-order valence-electron chi connectivity index (χ1n) is 16.0. The van der Waals surface area contributed by atoms with Crippen molar-refractivity contribution in [2.75, 3.05) is 16.8 Å². The van der Waals surface area contributed by atoms with Crippen LogP contribution in [0.1, 0.15) is 112 Å². The molecule has 10 nitrogen and oxygen atoms in total. The normalized spacial score (nSPS) is 14.4. The summed E-state index contributed by atoms with van der Waals surface area (Å²) in [6.07, 6.45) is 8.05. The number of hydrogen-bond acceptors (Lipinski definition) is 5. The molecule has 1 saturated carbocycles. The number of imide groups is 1. The number of carboxylic acids is 1. The Morgan fingerprint density at radius 2 is 1.63 bits per heavy atom. The molecular weight excluding hydrogens is 584 g/mol. The van der Waals surface area contributed by atoms with E-state index in [2.05, 4.69) is 28.1 Å². The van der Waals surface area contributed by atoms with Crippen LogP contribution in [0, 0.1) is 0 Å². The minimum absolute atomic E-state index is 0.0273. The van der Waals surface area contributed by atoms with Gasteiger partial charge in [0, 0.05) is 23.5 Å². The van der Waals surface area contributed by atoms with Gasteiger partial charge < -0.3 is 15.7 Å². The first-order chi connectivity index (χ1) is 22.2. The molecule has 5 amide bonds. The number of urea groups is 1. The summed E-state index contributed by atoms with van der Waals surface area (Å²) in [6.45, 7) is 2.26. The SMILES string of the molecule is CCCCc1c(NC(=O)N(Cc2ccc(C(=O)NCCC(=O)O)cc2)c2ccc(C3CCCCC3)cc2)ccc2c1C(=O)NC2=O. The van der Waals surface area contributed by atoms with Crippen molar-refractivity contribution < 1.29 is 29.1 Å². The van der Waals surface area contributed by atoms with Crippen molar-refractivity contribution in [3.8, 4) is 0 Å². The van der Waals surface area contributed by atoms with E-state index in [9.17, 15) is 24.0 Å². The average Bonchev–Trinajstić information content (AvgIpc) is 3.36. The first-order valence-corrected chi connectivity index (χ1v) is 16.0. The smallest absolute Gasteiger partial charge is 0.326 e. The summed E-state index contributed by atoms with van der Waals surface area (Å²) in [5.41, 5.74) is 4.87. The molecule has 1 fully saturated rings. The lowest BCUT2D eigenvalue weighted by molar-refractivity contribution is -0.136. The summed E-state index contributed by atoms with van der Waals surface area (Å²) in [5, 5.41) is 16.8. The molecule has 1 aliphatic heterocycles.